The molecule has 0 aromatic carbocycles. The fraction of sp³-hybridized carbons (Fsp3) is 0.500. The number of carbonyl (C=O) groups excluding carboxylic acids is 4. The standard InChI is InChI=1S/C20H24N4O10/c1-9(2)18(27)34-23-12-6-7-24(20(29)22-12)17-16-15(32-13(25)4-5-14(26)33-16)11(31-17)8-30-19(28)10(3)21/h4-7,9-11,15-17H,8,21H2,1-3H3,(H,22,23,29)/b5-4-/t10-,11+,15+,16+,17+/m0/s1. The minimum atomic E-state index is -1.28. The number of hydrogen-bond acceptors (Lipinski definition) is 13. The van der Waals surface area contributed by atoms with Gasteiger partial charge in [0.15, 0.2) is 24.3 Å². The Kier molecular flexibility index (Phi) is 7.63. The number of ether oxygens (including phenoxy) is 4. The van der Waals surface area contributed by atoms with E-state index in [1.54, 1.807) is 13.8 Å². The van der Waals surface area contributed by atoms with Gasteiger partial charge in [0.05, 0.1) is 5.92 Å². The molecule has 0 aliphatic carbocycles. The maximum atomic E-state index is 12.7. The summed E-state index contributed by atoms with van der Waals surface area (Å²) >= 11 is 0. The molecule has 3 rings (SSSR count). The zero-order chi connectivity index (χ0) is 25.0. The van der Waals surface area contributed by atoms with Gasteiger partial charge in [0, 0.05) is 24.4 Å². The predicted octanol–water partition coefficient (Wildman–Crippen LogP) is -1.05. The number of anilines is 1. The van der Waals surface area contributed by atoms with E-state index in [1.807, 2.05) is 0 Å². The number of nitrogens with zero attached hydrogens (tertiary/aromatic N) is 2. The van der Waals surface area contributed by atoms with Gasteiger partial charge in [0.25, 0.3) is 0 Å². The molecular weight excluding hydrogens is 456 g/mol. The second-order valence-electron chi connectivity index (χ2n) is 7.80. The van der Waals surface area contributed by atoms with E-state index in [4.69, 9.17) is 29.5 Å². The molecule has 1 saturated heterocycles. The topological polar surface area (TPSA) is 187 Å². The van der Waals surface area contributed by atoms with E-state index in [0.29, 0.717) is 0 Å². The van der Waals surface area contributed by atoms with Gasteiger partial charge in [-0.05, 0) is 6.92 Å². The Balaban J connectivity index is 1.85. The maximum Gasteiger partial charge on any atom is 0.351 e. The van der Waals surface area contributed by atoms with Gasteiger partial charge >= 0.3 is 29.6 Å². The summed E-state index contributed by atoms with van der Waals surface area (Å²) in [5.74, 6) is -3.48. The molecule has 34 heavy (non-hydrogen) atoms. The van der Waals surface area contributed by atoms with Crippen LogP contribution < -0.4 is 16.9 Å². The van der Waals surface area contributed by atoms with E-state index in [1.165, 1.54) is 19.2 Å². The lowest BCUT2D eigenvalue weighted by atomic mass is 10.1. The largest absolute Gasteiger partial charge is 0.462 e. The summed E-state index contributed by atoms with van der Waals surface area (Å²) in [6, 6.07) is 0.401. The van der Waals surface area contributed by atoms with Crippen molar-refractivity contribution >= 4 is 29.7 Å². The van der Waals surface area contributed by atoms with Gasteiger partial charge in [0.1, 0.15) is 18.8 Å². The minimum Gasteiger partial charge on any atom is -0.462 e. The Labute approximate surface area is 192 Å². The monoisotopic (exact) mass is 480 g/mol. The summed E-state index contributed by atoms with van der Waals surface area (Å²) in [5, 5.41) is 0. The van der Waals surface area contributed by atoms with Crippen molar-refractivity contribution in [3.8, 4) is 0 Å². The van der Waals surface area contributed by atoms with Crippen LogP contribution in [0.25, 0.3) is 0 Å². The third kappa shape index (κ3) is 5.77. The zero-order valence-corrected chi connectivity index (χ0v) is 18.5. The first kappa shape index (κ1) is 24.9. The molecule has 3 heterocycles. The summed E-state index contributed by atoms with van der Waals surface area (Å²) in [6.45, 7) is 4.29. The highest BCUT2D eigenvalue weighted by atomic mass is 16.7. The Bertz CT molecular complexity index is 1050. The second-order valence-corrected chi connectivity index (χ2v) is 7.80. The van der Waals surface area contributed by atoms with Crippen molar-refractivity contribution in [2.75, 3.05) is 12.1 Å². The van der Waals surface area contributed by atoms with Crippen LogP contribution in [0, 0.1) is 5.92 Å². The lowest BCUT2D eigenvalue weighted by Gasteiger charge is -2.25. The first-order valence-corrected chi connectivity index (χ1v) is 10.3. The number of nitrogens with two attached hydrogens (primary N) is 1. The van der Waals surface area contributed by atoms with E-state index in [0.717, 1.165) is 16.7 Å². The molecule has 0 amide bonds. The molecule has 184 valence electrons. The van der Waals surface area contributed by atoms with E-state index in [-0.39, 0.29) is 12.4 Å². The first-order chi connectivity index (χ1) is 16.1. The fourth-order valence-electron chi connectivity index (χ4n) is 3.00. The molecule has 0 spiro atoms. The Morgan fingerprint density at radius 2 is 1.76 bits per heavy atom. The van der Waals surface area contributed by atoms with Gasteiger partial charge in [-0.1, -0.05) is 13.8 Å². The minimum absolute atomic E-state index is 0.0590. The molecule has 14 heteroatoms. The summed E-state index contributed by atoms with van der Waals surface area (Å²) in [5.41, 5.74) is 6.90. The number of rotatable bonds is 7. The Morgan fingerprint density at radius 3 is 2.35 bits per heavy atom. The van der Waals surface area contributed by atoms with E-state index in [9.17, 15) is 24.0 Å². The van der Waals surface area contributed by atoms with Crippen molar-refractivity contribution in [2.24, 2.45) is 11.7 Å². The van der Waals surface area contributed by atoms with Crippen LogP contribution in [0.2, 0.25) is 0 Å². The van der Waals surface area contributed by atoms with Crippen molar-refractivity contribution in [1.29, 1.82) is 0 Å². The van der Waals surface area contributed by atoms with Gasteiger partial charge in [-0.25, -0.2) is 24.7 Å². The highest BCUT2D eigenvalue weighted by Crippen LogP contribution is 2.34. The van der Waals surface area contributed by atoms with Crippen molar-refractivity contribution in [1.82, 2.24) is 9.55 Å². The van der Waals surface area contributed by atoms with E-state index in [2.05, 4.69) is 10.5 Å². The maximum absolute atomic E-state index is 12.7. The fourth-order valence-corrected chi connectivity index (χ4v) is 3.00. The smallest absolute Gasteiger partial charge is 0.351 e. The Morgan fingerprint density at radius 1 is 1.12 bits per heavy atom. The lowest BCUT2D eigenvalue weighted by molar-refractivity contribution is -0.165. The molecule has 0 radical (unpaired) electrons. The van der Waals surface area contributed by atoms with Crippen LogP contribution >= 0.6 is 0 Å². The zero-order valence-electron chi connectivity index (χ0n) is 18.5. The summed E-state index contributed by atoms with van der Waals surface area (Å²) in [6.07, 6.45) is -1.83. The molecule has 3 N–H and O–H groups in total. The molecule has 0 saturated carbocycles. The molecule has 1 aromatic rings. The van der Waals surface area contributed by atoms with E-state index < -0.39 is 66.1 Å². The summed E-state index contributed by atoms with van der Waals surface area (Å²) in [7, 11) is 0. The van der Waals surface area contributed by atoms with Crippen molar-refractivity contribution in [3.63, 3.8) is 0 Å². The van der Waals surface area contributed by atoms with Crippen LogP contribution in [0.4, 0.5) is 5.82 Å². The number of nitrogens with one attached hydrogen (secondary N) is 1. The van der Waals surface area contributed by atoms with Gasteiger partial charge in [-0.2, -0.15) is 4.98 Å². The third-order valence-corrected chi connectivity index (χ3v) is 4.74. The van der Waals surface area contributed by atoms with Crippen LogP contribution in [0.3, 0.4) is 0 Å². The number of esters is 3. The second kappa shape index (κ2) is 10.4. The van der Waals surface area contributed by atoms with Crippen molar-refractivity contribution < 1.29 is 43.0 Å². The predicted molar refractivity (Wildman–Crippen MR) is 110 cm³/mol. The lowest BCUT2D eigenvalue weighted by Crippen LogP contribution is -2.43. The SMILES string of the molecule is CC(C)C(=O)ONc1ccn([C@@H]2O[C@H](COC(=O)[C@H](C)N)[C@H]3OC(=O)/C=C\C(=O)O[C@H]32)c(=O)n1. The van der Waals surface area contributed by atoms with Gasteiger partial charge in [-0.3, -0.25) is 9.36 Å². The molecule has 0 bridgehead atoms. The van der Waals surface area contributed by atoms with Gasteiger partial charge < -0.3 is 29.5 Å². The molecule has 5 atom stereocenters. The molecule has 1 fully saturated rings. The molecule has 2 aliphatic rings. The van der Waals surface area contributed by atoms with Crippen LogP contribution in [0.15, 0.2) is 29.2 Å². The van der Waals surface area contributed by atoms with Crippen LogP contribution in [0.5, 0.6) is 0 Å². The molecule has 1 aromatic heterocycles. The Hall–Kier alpha value is -3.78. The summed E-state index contributed by atoms with van der Waals surface area (Å²) in [4.78, 5) is 68.7. The van der Waals surface area contributed by atoms with Crippen LogP contribution in [-0.4, -0.2) is 64.4 Å². The average Bonchev–Trinajstić information content (AvgIpc) is 3.09. The number of fused-ring (bicyclic) bond motifs is 1. The van der Waals surface area contributed by atoms with Gasteiger partial charge in [-0.15, -0.1) is 0 Å². The molecule has 14 nitrogen and oxygen atoms in total. The number of aromatic nitrogens is 2. The van der Waals surface area contributed by atoms with Crippen molar-refractivity contribution in [2.45, 2.75) is 51.4 Å². The quantitative estimate of drug-likeness (QED) is 0.274. The normalized spacial score (nSPS) is 25.8. The third-order valence-electron chi connectivity index (χ3n) is 4.74. The first-order valence-electron chi connectivity index (χ1n) is 10.3. The van der Waals surface area contributed by atoms with Crippen molar-refractivity contribution in [3.05, 3.63) is 34.9 Å². The van der Waals surface area contributed by atoms with Crippen LogP contribution in [-0.2, 0) is 43.0 Å². The molecule has 2 aliphatic heterocycles. The van der Waals surface area contributed by atoms with Crippen LogP contribution in [0.1, 0.15) is 27.0 Å². The highest BCUT2D eigenvalue weighted by molar-refractivity contribution is 5.92. The van der Waals surface area contributed by atoms with E-state index >= 15 is 0 Å². The average molecular weight is 480 g/mol. The molecule has 0 unspecified atom stereocenters. The highest BCUT2D eigenvalue weighted by Gasteiger charge is 2.51. The number of carbonyl (C=O) groups is 4. The van der Waals surface area contributed by atoms with Gasteiger partial charge in [0.2, 0.25) is 0 Å². The number of hydrogen-bond donors (Lipinski definition) is 2. The summed E-state index contributed by atoms with van der Waals surface area (Å²) < 4.78 is 22.5. The molecular formula is C20H24N4O10.